The summed E-state index contributed by atoms with van der Waals surface area (Å²) in [5.41, 5.74) is 26.6. The highest BCUT2D eigenvalue weighted by molar-refractivity contribution is 7.90. The van der Waals surface area contributed by atoms with Gasteiger partial charge in [0, 0.05) is 176 Å². The van der Waals surface area contributed by atoms with Crippen molar-refractivity contribution in [2.45, 2.75) is 94.3 Å². The standard InChI is InChI=1S/C26H30N8.C23H26N8.C21H23N7O2S2/c1-33-16-20(13-29-33)18-4-3-5-19(12-18)23-28-15-22(21-14-30-34(2)17-21)24(31-23)32-26-9-6-25(27,7-10-26)8-11-26;1-30-13-17(10-26-30)15-4-3-5-16(8-15)22-25-12-21(18-11-27-31(2)14-18)23(29-22)28-20-7-6-19(24)9-20;1-14-26-27-21(31-14)18-12-23-19(25-20(18)22-8-5-9-32(3,29)30)16-7-4-6-15(10-16)17-11-24-28(2)13-17/h3-5,12-17H,6-11,27H2,1-2H3,(H,28,31,32);3-5,8,10-14,19-20H,6-7,9,24H2,1-2H3,(H,25,28,29);4,6-7,10-13H,5,8-9H2,1-3H3,(H,22,23,25)/t;19-,20-;/m.0./s1. The lowest BCUT2D eigenvalue weighted by Gasteiger charge is -2.52. The summed E-state index contributed by atoms with van der Waals surface area (Å²) < 4.78 is 31.9. The van der Waals surface area contributed by atoms with Crippen molar-refractivity contribution in [2.24, 2.45) is 46.7 Å². The van der Waals surface area contributed by atoms with Crippen LogP contribution in [0.25, 0.3) is 100 Å². The largest absolute Gasteiger partial charge is 0.369 e. The van der Waals surface area contributed by atoms with E-state index in [1.807, 2.05) is 168 Å². The fourth-order valence-corrected chi connectivity index (χ4v) is 14.1. The molecular formula is C70H79N23O2S2. The smallest absolute Gasteiger partial charge is 0.161 e. The fraction of sp³-hybridized carbons (Fsp3) is 0.329. The van der Waals surface area contributed by atoms with Crippen LogP contribution in [0.4, 0.5) is 17.5 Å². The number of aryl methyl sites for hydroxylation is 6. The van der Waals surface area contributed by atoms with E-state index in [-0.39, 0.29) is 22.9 Å². The molecule has 2 bridgehead atoms. The Hall–Kier alpha value is -10.2. The van der Waals surface area contributed by atoms with Crippen LogP contribution >= 0.6 is 11.3 Å². The second-order valence-corrected chi connectivity index (χ2v) is 29.3. The Morgan fingerprint density at radius 2 is 0.948 bits per heavy atom. The molecule has 0 saturated heterocycles. The van der Waals surface area contributed by atoms with Gasteiger partial charge in [0.25, 0.3) is 0 Å². The third-order valence-electron chi connectivity index (χ3n) is 18.1. The highest BCUT2D eigenvalue weighted by Crippen LogP contribution is 2.48. The van der Waals surface area contributed by atoms with Crippen molar-refractivity contribution >= 4 is 38.6 Å². The topological polar surface area (TPSA) is 314 Å². The van der Waals surface area contributed by atoms with Gasteiger partial charge < -0.3 is 27.4 Å². The van der Waals surface area contributed by atoms with Gasteiger partial charge in [0.2, 0.25) is 0 Å². The molecule has 2 atom stereocenters. The molecule has 9 heterocycles. The number of nitrogens with two attached hydrogens (primary N) is 2. The first-order valence-corrected chi connectivity index (χ1v) is 35.3. The number of aromatic nitrogens is 18. The zero-order valence-corrected chi connectivity index (χ0v) is 57.0. The molecule has 97 heavy (non-hydrogen) atoms. The molecule has 498 valence electrons. The van der Waals surface area contributed by atoms with Gasteiger partial charge in [-0.15, -0.1) is 10.2 Å². The summed E-state index contributed by atoms with van der Waals surface area (Å²) in [6.07, 6.45) is 35.9. The predicted octanol–water partition coefficient (Wildman–Crippen LogP) is 10.6. The van der Waals surface area contributed by atoms with Crippen LogP contribution < -0.4 is 27.4 Å². The number of benzene rings is 3. The predicted molar refractivity (Wildman–Crippen MR) is 380 cm³/mol. The van der Waals surface area contributed by atoms with Crippen molar-refractivity contribution in [1.82, 2.24) is 89.0 Å². The molecule has 4 fully saturated rings. The van der Waals surface area contributed by atoms with E-state index in [1.165, 1.54) is 17.6 Å². The highest BCUT2D eigenvalue weighted by Gasteiger charge is 2.47. The van der Waals surface area contributed by atoms with E-state index in [1.54, 1.807) is 20.2 Å². The summed E-state index contributed by atoms with van der Waals surface area (Å²) in [5, 5.41) is 42.1. The maximum Gasteiger partial charge on any atom is 0.161 e. The minimum absolute atomic E-state index is 0.0270. The van der Waals surface area contributed by atoms with Crippen molar-refractivity contribution < 1.29 is 8.42 Å². The zero-order chi connectivity index (χ0) is 67.4. The van der Waals surface area contributed by atoms with Gasteiger partial charge in [-0.3, -0.25) is 23.4 Å². The van der Waals surface area contributed by atoms with Gasteiger partial charge >= 0.3 is 0 Å². The molecule has 16 rings (SSSR count). The average Bonchev–Trinajstić information content (AvgIpc) is 1.51. The lowest BCUT2D eigenvalue weighted by molar-refractivity contribution is 0.126. The Bertz CT molecular complexity index is 4840. The Balaban J connectivity index is 0.000000131. The van der Waals surface area contributed by atoms with Crippen LogP contribution in [0.5, 0.6) is 0 Å². The fourth-order valence-electron chi connectivity index (χ4n) is 12.8. The van der Waals surface area contributed by atoms with Gasteiger partial charge in [-0.25, -0.2) is 38.3 Å². The molecule has 4 aliphatic carbocycles. The lowest BCUT2D eigenvalue weighted by atomic mass is 9.62. The normalized spacial score (nSPS) is 18.1. The number of rotatable bonds is 18. The second kappa shape index (κ2) is 27.9. The quantitative estimate of drug-likeness (QED) is 0.0499. The van der Waals surface area contributed by atoms with Crippen LogP contribution in [0.15, 0.2) is 153 Å². The van der Waals surface area contributed by atoms with Crippen LogP contribution in [0.3, 0.4) is 0 Å². The van der Waals surface area contributed by atoms with Gasteiger partial charge in [-0.1, -0.05) is 65.9 Å². The summed E-state index contributed by atoms with van der Waals surface area (Å²) in [6.45, 7) is 2.35. The number of nitrogens with zero attached hydrogens (tertiary/aromatic N) is 18. The Labute approximate surface area is 567 Å². The molecule has 12 aromatic rings. The first-order chi connectivity index (χ1) is 46.7. The Morgan fingerprint density at radius 1 is 0.526 bits per heavy atom. The number of anilines is 3. The van der Waals surface area contributed by atoms with Crippen LogP contribution in [-0.2, 0) is 45.1 Å². The van der Waals surface area contributed by atoms with E-state index in [0.717, 1.165) is 152 Å². The van der Waals surface area contributed by atoms with Crippen molar-refractivity contribution in [3.63, 3.8) is 0 Å². The van der Waals surface area contributed by atoms with Gasteiger partial charge in [0.15, 0.2) is 22.5 Å². The molecule has 0 spiro atoms. The van der Waals surface area contributed by atoms with Crippen molar-refractivity contribution in [2.75, 3.05) is 34.5 Å². The minimum Gasteiger partial charge on any atom is -0.369 e. The molecule has 25 nitrogen and oxygen atoms in total. The molecule has 4 aliphatic rings. The van der Waals surface area contributed by atoms with Gasteiger partial charge in [0.05, 0.1) is 42.3 Å². The summed E-state index contributed by atoms with van der Waals surface area (Å²) >= 11 is 1.45. The molecule has 0 amide bonds. The van der Waals surface area contributed by atoms with Gasteiger partial charge in [0.1, 0.15) is 32.3 Å². The van der Waals surface area contributed by atoms with Crippen LogP contribution in [-0.4, -0.2) is 139 Å². The van der Waals surface area contributed by atoms with Crippen molar-refractivity contribution in [3.05, 3.63) is 158 Å². The summed E-state index contributed by atoms with van der Waals surface area (Å²) in [6, 6.07) is 25.1. The van der Waals surface area contributed by atoms with Crippen molar-refractivity contribution in [1.29, 1.82) is 0 Å². The number of fused-ring (bicyclic) bond motifs is 3. The third-order valence-corrected chi connectivity index (χ3v) is 20.0. The van der Waals surface area contributed by atoms with E-state index in [4.69, 9.17) is 36.4 Å². The maximum absolute atomic E-state index is 11.4. The Morgan fingerprint density at radius 3 is 1.36 bits per heavy atom. The first-order valence-electron chi connectivity index (χ1n) is 32.4. The number of hydrogen-bond donors (Lipinski definition) is 5. The lowest BCUT2D eigenvalue weighted by Crippen LogP contribution is -2.57. The Kier molecular flexibility index (Phi) is 18.8. The molecule has 27 heteroatoms. The maximum atomic E-state index is 11.4. The monoisotopic (exact) mass is 1340 g/mol. The molecular weight excluding hydrogens is 1260 g/mol. The molecule has 3 aromatic carbocycles. The van der Waals surface area contributed by atoms with E-state index in [2.05, 4.69) is 87.0 Å². The van der Waals surface area contributed by atoms with Crippen LogP contribution in [0, 0.1) is 6.92 Å². The third kappa shape index (κ3) is 15.7. The number of nitrogens with one attached hydrogen (secondary N) is 3. The summed E-state index contributed by atoms with van der Waals surface area (Å²) in [5.74, 6) is 4.36. The van der Waals surface area contributed by atoms with E-state index >= 15 is 0 Å². The van der Waals surface area contributed by atoms with Crippen molar-refractivity contribution in [3.8, 4) is 100 Å². The second-order valence-electron chi connectivity index (χ2n) is 25.8. The number of hydrogen-bond acceptors (Lipinski definition) is 21. The zero-order valence-electron chi connectivity index (χ0n) is 55.4. The minimum atomic E-state index is -3.02. The molecule has 9 aromatic heterocycles. The summed E-state index contributed by atoms with van der Waals surface area (Å²) in [7, 11) is 6.54. The highest BCUT2D eigenvalue weighted by atomic mass is 32.2. The van der Waals surface area contributed by atoms with E-state index in [0.29, 0.717) is 47.3 Å². The molecule has 4 saturated carbocycles. The van der Waals surface area contributed by atoms with Crippen LogP contribution in [0.1, 0.15) is 69.2 Å². The molecule has 0 radical (unpaired) electrons. The van der Waals surface area contributed by atoms with Crippen LogP contribution in [0.2, 0.25) is 0 Å². The first kappa shape index (κ1) is 65.4. The molecule has 0 unspecified atom stereocenters. The van der Waals surface area contributed by atoms with E-state index in [9.17, 15) is 8.42 Å². The molecule has 7 N–H and O–H groups in total. The average molecular weight is 1340 g/mol. The van der Waals surface area contributed by atoms with E-state index < -0.39 is 9.84 Å². The SMILES string of the molecule is Cc1nnc(-c2cnc(-c3cccc(-c4cnn(C)c4)c3)nc2NCCCS(C)(=O)=O)s1.Cn1cc(-c2cccc(-c3ncc(-c4cnn(C)c4)c(NC45CCC(N)(CC4)CC5)n3)c2)cn1.Cn1cc(-c2cccc(-c3ncc(-c4cnn(C)c4)c(N[C@H]4CC[C@H](N)C4)n3)c2)cn1. The molecule has 0 aliphatic heterocycles. The number of sulfone groups is 1. The van der Waals surface area contributed by atoms with Gasteiger partial charge in [-0.2, -0.15) is 25.5 Å². The summed E-state index contributed by atoms with van der Waals surface area (Å²) in [4.78, 5) is 28.8. The van der Waals surface area contributed by atoms with Gasteiger partial charge in [-0.05, 0) is 106 Å².